The normalized spacial score (nSPS) is 13.0. The average molecular weight is 689 g/mol. The molecule has 1 aliphatic rings. The molecule has 0 bridgehead atoms. The topological polar surface area (TPSA) is 35.0 Å². The van der Waals surface area contributed by atoms with E-state index in [4.69, 9.17) is 14.7 Å². The number of hydrogen-bond acceptors (Lipinski definition) is 4. The molecule has 9 rings (SSSR count). The SMILES string of the molecule is Cc1cc(C)c(-c2cc(Oc3cccc(C4(c5ccccn5)c5ccccc5Sc5ccccc54)c3)cc(-c3ccc4ccccc4n3)c2)c(C)c1. The molecule has 0 atom stereocenters. The molecule has 0 saturated carbocycles. The summed E-state index contributed by atoms with van der Waals surface area (Å²) in [6.45, 7) is 6.53. The quantitative estimate of drug-likeness (QED) is 0.174. The van der Waals surface area contributed by atoms with Gasteiger partial charge in [-0.3, -0.25) is 4.98 Å². The van der Waals surface area contributed by atoms with E-state index in [0.717, 1.165) is 50.5 Å². The first-order valence-corrected chi connectivity index (χ1v) is 18.5. The van der Waals surface area contributed by atoms with Crippen LogP contribution in [0, 0.1) is 20.8 Å². The summed E-state index contributed by atoms with van der Waals surface area (Å²) in [5.41, 5.74) is 12.8. The average Bonchev–Trinajstić information content (AvgIpc) is 3.17. The van der Waals surface area contributed by atoms with Crippen molar-refractivity contribution in [3.05, 3.63) is 203 Å². The number of para-hydroxylation sites is 1. The molecule has 0 saturated heterocycles. The third kappa shape index (κ3) is 5.47. The predicted molar refractivity (Wildman–Crippen MR) is 214 cm³/mol. The number of pyridine rings is 2. The number of aromatic nitrogens is 2. The highest BCUT2D eigenvalue weighted by Gasteiger charge is 2.45. The lowest BCUT2D eigenvalue weighted by Crippen LogP contribution is -2.34. The number of fused-ring (bicyclic) bond motifs is 3. The van der Waals surface area contributed by atoms with Gasteiger partial charge in [0, 0.05) is 26.9 Å². The number of nitrogens with zero attached hydrogens (tertiary/aromatic N) is 2. The van der Waals surface area contributed by atoms with Crippen LogP contribution in [0.1, 0.15) is 39.1 Å². The zero-order chi connectivity index (χ0) is 35.2. The molecule has 6 aromatic carbocycles. The van der Waals surface area contributed by atoms with E-state index in [0.29, 0.717) is 0 Å². The first kappa shape index (κ1) is 32.0. The summed E-state index contributed by atoms with van der Waals surface area (Å²) in [5, 5.41) is 1.12. The molecule has 0 N–H and O–H groups in total. The Hall–Kier alpha value is -5.97. The highest BCUT2D eigenvalue weighted by atomic mass is 32.2. The Morgan fingerprint density at radius 1 is 0.558 bits per heavy atom. The van der Waals surface area contributed by atoms with Crippen LogP contribution in [0.3, 0.4) is 0 Å². The lowest BCUT2D eigenvalue weighted by molar-refractivity contribution is 0.481. The lowest BCUT2D eigenvalue weighted by atomic mass is 9.66. The second kappa shape index (κ2) is 13.0. The van der Waals surface area contributed by atoms with Crippen LogP contribution >= 0.6 is 11.8 Å². The third-order valence-electron chi connectivity index (χ3n) is 10.1. The molecule has 8 aromatic rings. The first-order chi connectivity index (χ1) is 25.5. The van der Waals surface area contributed by atoms with E-state index in [1.165, 1.54) is 43.2 Å². The number of hydrogen-bond donors (Lipinski definition) is 0. The lowest BCUT2D eigenvalue weighted by Gasteiger charge is -2.40. The van der Waals surface area contributed by atoms with E-state index in [1.807, 2.05) is 36.2 Å². The molecule has 1 aliphatic heterocycles. The predicted octanol–water partition coefficient (Wildman–Crippen LogP) is 12.5. The maximum atomic E-state index is 6.93. The van der Waals surface area contributed by atoms with Gasteiger partial charge in [0.05, 0.1) is 22.3 Å². The maximum Gasteiger partial charge on any atom is 0.128 e. The number of aryl methyl sites for hydroxylation is 3. The molecule has 0 amide bonds. The summed E-state index contributed by atoms with van der Waals surface area (Å²) < 4.78 is 6.93. The van der Waals surface area contributed by atoms with Gasteiger partial charge in [-0.15, -0.1) is 0 Å². The van der Waals surface area contributed by atoms with Crippen LogP contribution in [0.25, 0.3) is 33.3 Å². The third-order valence-corrected chi connectivity index (χ3v) is 11.3. The molecular formula is C48H36N2OS. The Kier molecular flexibility index (Phi) is 7.98. The molecule has 3 heterocycles. The van der Waals surface area contributed by atoms with Crippen molar-refractivity contribution in [2.24, 2.45) is 0 Å². The minimum Gasteiger partial charge on any atom is -0.457 e. The van der Waals surface area contributed by atoms with Crippen molar-refractivity contribution in [1.29, 1.82) is 0 Å². The van der Waals surface area contributed by atoms with E-state index in [1.54, 1.807) is 0 Å². The van der Waals surface area contributed by atoms with Gasteiger partial charge in [-0.2, -0.15) is 0 Å². The molecule has 4 heteroatoms. The molecule has 0 unspecified atom stereocenters. The second-order valence-corrected chi connectivity index (χ2v) is 14.7. The Morgan fingerprint density at radius 2 is 1.25 bits per heavy atom. The minimum atomic E-state index is -0.642. The fourth-order valence-electron chi connectivity index (χ4n) is 8.06. The summed E-state index contributed by atoms with van der Waals surface area (Å²) >= 11 is 1.82. The van der Waals surface area contributed by atoms with Crippen molar-refractivity contribution in [1.82, 2.24) is 9.97 Å². The van der Waals surface area contributed by atoms with Crippen LogP contribution in [0.5, 0.6) is 11.5 Å². The van der Waals surface area contributed by atoms with Crippen LogP contribution in [0.15, 0.2) is 174 Å². The van der Waals surface area contributed by atoms with Crippen molar-refractivity contribution in [2.75, 3.05) is 0 Å². The number of rotatable bonds is 6. The molecule has 52 heavy (non-hydrogen) atoms. The van der Waals surface area contributed by atoms with Gasteiger partial charge in [0.2, 0.25) is 0 Å². The molecule has 250 valence electrons. The van der Waals surface area contributed by atoms with Gasteiger partial charge in [0.25, 0.3) is 0 Å². The fraction of sp³-hybridized carbons (Fsp3) is 0.0833. The van der Waals surface area contributed by atoms with Crippen LogP contribution < -0.4 is 4.74 Å². The maximum absolute atomic E-state index is 6.93. The van der Waals surface area contributed by atoms with Gasteiger partial charge in [-0.05, 0) is 126 Å². The van der Waals surface area contributed by atoms with E-state index in [-0.39, 0.29) is 0 Å². The van der Waals surface area contributed by atoms with Crippen LogP contribution in [0.2, 0.25) is 0 Å². The molecule has 0 radical (unpaired) electrons. The van der Waals surface area contributed by atoms with Gasteiger partial charge in [-0.25, -0.2) is 4.98 Å². The molecule has 0 spiro atoms. The zero-order valence-electron chi connectivity index (χ0n) is 29.3. The van der Waals surface area contributed by atoms with Crippen LogP contribution in [0.4, 0.5) is 0 Å². The Balaban J connectivity index is 1.22. The molecule has 0 fully saturated rings. The molecule has 2 aromatic heterocycles. The summed E-state index contributed by atoms with van der Waals surface area (Å²) in [6, 6.07) is 55.8. The van der Waals surface area contributed by atoms with Crippen LogP contribution in [-0.2, 0) is 5.41 Å². The van der Waals surface area contributed by atoms with Gasteiger partial charge in [0.15, 0.2) is 0 Å². The van der Waals surface area contributed by atoms with E-state index < -0.39 is 5.41 Å². The smallest absolute Gasteiger partial charge is 0.128 e. The first-order valence-electron chi connectivity index (χ1n) is 17.6. The second-order valence-electron chi connectivity index (χ2n) is 13.6. The Labute approximate surface area is 309 Å². The van der Waals surface area contributed by atoms with Crippen molar-refractivity contribution in [3.8, 4) is 33.9 Å². The van der Waals surface area contributed by atoms with Crippen LogP contribution in [-0.4, -0.2) is 9.97 Å². The Morgan fingerprint density at radius 3 is 2.00 bits per heavy atom. The van der Waals surface area contributed by atoms with Gasteiger partial charge >= 0.3 is 0 Å². The number of ether oxygens (including phenoxy) is 1. The molecule has 3 nitrogen and oxygen atoms in total. The molecular weight excluding hydrogens is 653 g/mol. The largest absolute Gasteiger partial charge is 0.457 e. The highest BCUT2D eigenvalue weighted by molar-refractivity contribution is 7.99. The van der Waals surface area contributed by atoms with E-state index >= 15 is 0 Å². The summed E-state index contributed by atoms with van der Waals surface area (Å²) in [5.74, 6) is 1.51. The van der Waals surface area contributed by atoms with Gasteiger partial charge in [-0.1, -0.05) is 108 Å². The summed E-state index contributed by atoms with van der Waals surface area (Å²) in [6.07, 6.45) is 1.90. The monoisotopic (exact) mass is 688 g/mol. The number of benzene rings is 6. The summed E-state index contributed by atoms with van der Waals surface area (Å²) in [7, 11) is 0. The van der Waals surface area contributed by atoms with Crippen molar-refractivity contribution in [3.63, 3.8) is 0 Å². The highest BCUT2D eigenvalue weighted by Crippen LogP contribution is 2.55. The summed E-state index contributed by atoms with van der Waals surface area (Å²) in [4.78, 5) is 12.6. The van der Waals surface area contributed by atoms with Gasteiger partial charge in [0.1, 0.15) is 11.5 Å². The molecule has 0 aliphatic carbocycles. The zero-order valence-corrected chi connectivity index (χ0v) is 30.1. The van der Waals surface area contributed by atoms with E-state index in [9.17, 15) is 0 Å². The van der Waals surface area contributed by atoms with Crippen molar-refractivity contribution >= 4 is 22.7 Å². The van der Waals surface area contributed by atoms with E-state index in [2.05, 4.69) is 160 Å². The minimum absolute atomic E-state index is 0.642. The van der Waals surface area contributed by atoms with Gasteiger partial charge < -0.3 is 4.74 Å². The Bertz CT molecular complexity index is 2560. The standard InChI is InChI=1S/C48H36N2OS/c1-31-25-32(2)47(33(3)26-31)36-27-35(43-23-22-34-13-4-7-18-42(34)50-43)28-39(29-36)51-38-15-12-14-37(30-38)48(46-21-10-11-24-49-46)40-16-5-8-19-44(40)52-45-20-9-6-17-41(45)48/h4-30H,1-3H3. The van der Waals surface area contributed by atoms with Crippen molar-refractivity contribution in [2.45, 2.75) is 36.0 Å². The van der Waals surface area contributed by atoms with Crippen molar-refractivity contribution < 1.29 is 4.74 Å². The fourth-order valence-corrected chi connectivity index (χ4v) is 9.25.